The maximum Gasteiger partial charge on any atom is 0.132 e. The highest BCUT2D eigenvalue weighted by Gasteiger charge is 2.40. The third-order valence-electron chi connectivity index (χ3n) is 5.43. The van der Waals surface area contributed by atoms with Crippen LogP contribution < -0.4 is 9.64 Å². The fourth-order valence-corrected chi connectivity index (χ4v) is 3.49. The number of nitrogens with zero attached hydrogens (tertiary/aromatic N) is 4. The van der Waals surface area contributed by atoms with E-state index in [1.54, 1.807) is 6.33 Å². The summed E-state index contributed by atoms with van der Waals surface area (Å²) in [5, 5.41) is 8.60. The number of hydrogen-bond donors (Lipinski definition) is 1. The van der Waals surface area contributed by atoms with Gasteiger partial charge < -0.3 is 14.4 Å². The molecule has 144 valence electrons. The molecule has 0 bridgehead atoms. The van der Waals surface area contributed by atoms with E-state index < -0.39 is 0 Å². The maximum absolute atomic E-state index is 6.12. The predicted octanol–water partition coefficient (Wildman–Crippen LogP) is 3.34. The van der Waals surface area contributed by atoms with Gasteiger partial charge >= 0.3 is 0 Å². The standard InChI is InChI=1S/C21H23N5O2/c1-3-14-12-26(8-9-27-14)19-11-18(22-13-23-19)20-16-10-15(28-21(2)6-7-21)4-5-17(16)24-25-20/h3-5,10-11,13-14H,1,6-9,12H2,2H3,(H,24,25)/t14-/m1/s1. The van der Waals surface area contributed by atoms with Crippen LogP contribution in [0.5, 0.6) is 5.75 Å². The SMILES string of the molecule is C=C[C@@H]1CN(c2cc(-c3n[nH]c4ccc(OC5(C)CC5)cc34)ncn2)CCO1. The zero-order valence-electron chi connectivity index (χ0n) is 15.9. The van der Waals surface area contributed by atoms with Gasteiger partial charge in [-0.2, -0.15) is 5.10 Å². The summed E-state index contributed by atoms with van der Waals surface area (Å²) in [6.45, 7) is 8.15. The fraction of sp³-hybridized carbons (Fsp3) is 0.381. The molecular formula is C21H23N5O2. The number of anilines is 1. The van der Waals surface area contributed by atoms with E-state index in [9.17, 15) is 0 Å². The van der Waals surface area contributed by atoms with Gasteiger partial charge in [-0.05, 0) is 38.0 Å². The van der Waals surface area contributed by atoms with Crippen LogP contribution >= 0.6 is 0 Å². The van der Waals surface area contributed by atoms with Crippen LogP contribution in [0, 0.1) is 0 Å². The van der Waals surface area contributed by atoms with Gasteiger partial charge in [-0.3, -0.25) is 5.10 Å². The Hall–Kier alpha value is -2.93. The van der Waals surface area contributed by atoms with Crippen molar-refractivity contribution in [2.45, 2.75) is 31.5 Å². The van der Waals surface area contributed by atoms with Crippen molar-refractivity contribution in [3.63, 3.8) is 0 Å². The first-order chi connectivity index (χ1) is 13.6. The Labute approximate surface area is 163 Å². The van der Waals surface area contributed by atoms with Crippen LogP contribution in [0.25, 0.3) is 22.3 Å². The molecule has 1 saturated heterocycles. The van der Waals surface area contributed by atoms with Crippen LogP contribution in [0.4, 0.5) is 5.82 Å². The Morgan fingerprint density at radius 3 is 3.04 bits per heavy atom. The summed E-state index contributed by atoms with van der Waals surface area (Å²) in [7, 11) is 0. The average Bonchev–Trinajstić information content (AvgIpc) is 3.30. The van der Waals surface area contributed by atoms with Gasteiger partial charge in [0.05, 0.1) is 23.9 Å². The summed E-state index contributed by atoms with van der Waals surface area (Å²) in [6, 6.07) is 8.02. The van der Waals surface area contributed by atoms with Crippen LogP contribution in [0.2, 0.25) is 0 Å². The molecule has 1 aliphatic carbocycles. The highest BCUT2D eigenvalue weighted by molar-refractivity contribution is 5.93. The van der Waals surface area contributed by atoms with E-state index in [0.717, 1.165) is 59.8 Å². The first kappa shape index (κ1) is 17.2. The average molecular weight is 377 g/mol. The molecule has 1 aliphatic heterocycles. The van der Waals surface area contributed by atoms with Gasteiger partial charge in [-0.25, -0.2) is 9.97 Å². The Morgan fingerprint density at radius 2 is 2.21 bits per heavy atom. The van der Waals surface area contributed by atoms with E-state index in [2.05, 4.69) is 38.6 Å². The molecule has 1 atom stereocenters. The summed E-state index contributed by atoms with van der Waals surface area (Å²) >= 11 is 0. The summed E-state index contributed by atoms with van der Waals surface area (Å²) in [4.78, 5) is 11.1. The molecule has 0 spiro atoms. The quantitative estimate of drug-likeness (QED) is 0.687. The molecule has 7 heteroatoms. The number of rotatable bonds is 5. The molecule has 5 rings (SSSR count). The zero-order chi connectivity index (χ0) is 19.1. The number of aromatic nitrogens is 4. The third-order valence-corrected chi connectivity index (χ3v) is 5.43. The normalized spacial score (nSPS) is 20.9. The van der Waals surface area contributed by atoms with Crippen molar-refractivity contribution < 1.29 is 9.47 Å². The lowest BCUT2D eigenvalue weighted by Crippen LogP contribution is -2.42. The molecule has 0 amide bonds. The van der Waals surface area contributed by atoms with Crippen molar-refractivity contribution in [3.05, 3.63) is 43.2 Å². The first-order valence-corrected chi connectivity index (χ1v) is 9.62. The second kappa shape index (κ2) is 6.60. The van der Waals surface area contributed by atoms with Crippen molar-refractivity contribution in [2.24, 2.45) is 0 Å². The molecule has 7 nitrogen and oxygen atoms in total. The third kappa shape index (κ3) is 3.22. The highest BCUT2D eigenvalue weighted by Crippen LogP contribution is 2.40. The van der Waals surface area contributed by atoms with Crippen LogP contribution in [-0.2, 0) is 4.74 Å². The molecule has 2 fully saturated rings. The molecule has 0 unspecified atom stereocenters. The lowest BCUT2D eigenvalue weighted by molar-refractivity contribution is 0.0716. The number of hydrogen-bond acceptors (Lipinski definition) is 6. The molecule has 0 radical (unpaired) electrons. The van der Waals surface area contributed by atoms with E-state index in [1.807, 2.05) is 30.3 Å². The smallest absolute Gasteiger partial charge is 0.132 e. The molecular weight excluding hydrogens is 354 g/mol. The molecule has 2 aliphatic rings. The topological polar surface area (TPSA) is 76.2 Å². The summed E-state index contributed by atoms with van der Waals surface area (Å²) in [5.41, 5.74) is 2.53. The Kier molecular flexibility index (Phi) is 4.05. The summed E-state index contributed by atoms with van der Waals surface area (Å²) in [5.74, 6) is 1.74. The van der Waals surface area contributed by atoms with Gasteiger partial charge in [0.25, 0.3) is 0 Å². The fourth-order valence-electron chi connectivity index (χ4n) is 3.49. The van der Waals surface area contributed by atoms with Crippen LogP contribution in [0.3, 0.4) is 0 Å². The molecule has 1 aromatic carbocycles. The van der Waals surface area contributed by atoms with Gasteiger partial charge in [0.1, 0.15) is 29.2 Å². The lowest BCUT2D eigenvalue weighted by Gasteiger charge is -2.32. The number of H-pyrrole nitrogens is 1. The molecule has 3 aromatic rings. The molecule has 28 heavy (non-hydrogen) atoms. The van der Waals surface area contributed by atoms with Gasteiger partial charge in [0, 0.05) is 24.5 Å². The first-order valence-electron chi connectivity index (χ1n) is 9.62. The van der Waals surface area contributed by atoms with E-state index in [-0.39, 0.29) is 11.7 Å². The van der Waals surface area contributed by atoms with Crippen molar-refractivity contribution in [2.75, 3.05) is 24.6 Å². The molecule has 1 N–H and O–H groups in total. The van der Waals surface area contributed by atoms with E-state index in [1.165, 1.54) is 0 Å². The zero-order valence-corrected chi connectivity index (χ0v) is 15.9. The van der Waals surface area contributed by atoms with Crippen molar-refractivity contribution in [1.29, 1.82) is 0 Å². The van der Waals surface area contributed by atoms with E-state index >= 15 is 0 Å². The Bertz CT molecular complexity index is 1030. The molecule has 2 aromatic heterocycles. The van der Waals surface area contributed by atoms with E-state index in [4.69, 9.17) is 9.47 Å². The van der Waals surface area contributed by atoms with Gasteiger partial charge in [0.2, 0.25) is 0 Å². The number of fused-ring (bicyclic) bond motifs is 1. The van der Waals surface area contributed by atoms with Gasteiger partial charge in [-0.1, -0.05) is 6.08 Å². The highest BCUT2D eigenvalue weighted by atomic mass is 16.5. The lowest BCUT2D eigenvalue weighted by atomic mass is 10.1. The molecule has 1 saturated carbocycles. The van der Waals surface area contributed by atoms with E-state index in [0.29, 0.717) is 6.61 Å². The van der Waals surface area contributed by atoms with Crippen LogP contribution in [-0.4, -0.2) is 51.6 Å². The Balaban J connectivity index is 1.48. The minimum Gasteiger partial charge on any atom is -0.488 e. The number of benzene rings is 1. The van der Waals surface area contributed by atoms with Crippen molar-refractivity contribution in [1.82, 2.24) is 20.2 Å². The van der Waals surface area contributed by atoms with Gasteiger partial charge in [0.15, 0.2) is 0 Å². The van der Waals surface area contributed by atoms with Crippen molar-refractivity contribution in [3.8, 4) is 17.1 Å². The number of aromatic amines is 1. The minimum absolute atomic E-state index is 0.0156. The monoisotopic (exact) mass is 377 g/mol. The second-order valence-corrected chi connectivity index (χ2v) is 7.68. The second-order valence-electron chi connectivity index (χ2n) is 7.68. The number of nitrogens with one attached hydrogen (secondary N) is 1. The van der Waals surface area contributed by atoms with Crippen LogP contribution in [0.1, 0.15) is 19.8 Å². The number of ether oxygens (including phenoxy) is 2. The maximum atomic E-state index is 6.12. The van der Waals surface area contributed by atoms with Gasteiger partial charge in [-0.15, -0.1) is 6.58 Å². The number of morpholine rings is 1. The Morgan fingerprint density at radius 1 is 1.32 bits per heavy atom. The minimum atomic E-state index is -0.0162. The summed E-state index contributed by atoms with van der Waals surface area (Å²) in [6.07, 6.45) is 5.64. The predicted molar refractivity (Wildman–Crippen MR) is 108 cm³/mol. The van der Waals surface area contributed by atoms with Crippen molar-refractivity contribution >= 4 is 16.7 Å². The summed E-state index contributed by atoms with van der Waals surface area (Å²) < 4.78 is 11.8. The largest absolute Gasteiger partial charge is 0.488 e. The van der Waals surface area contributed by atoms with Crippen LogP contribution in [0.15, 0.2) is 43.2 Å². The molecule has 3 heterocycles.